The number of hydrogen-bond donors (Lipinski definition) is 1. The second kappa shape index (κ2) is 3.15. The molecule has 0 saturated heterocycles. The summed E-state index contributed by atoms with van der Waals surface area (Å²) in [5.74, 6) is 0.240. The molecule has 0 aliphatic rings. The SMILES string of the molecule is CCC(=O)Cc1ccn[nH]1. The van der Waals surface area contributed by atoms with Crippen LogP contribution in [0.5, 0.6) is 0 Å². The molecular formula is C7H10N2O. The smallest absolute Gasteiger partial charge is 0.138 e. The molecule has 0 unspecified atom stereocenters. The molecule has 54 valence electrons. The molecule has 0 aliphatic heterocycles. The molecule has 0 fully saturated rings. The number of nitrogens with one attached hydrogen (secondary N) is 1. The molecule has 1 N–H and O–H groups in total. The summed E-state index contributed by atoms with van der Waals surface area (Å²) in [5, 5.41) is 6.46. The van der Waals surface area contributed by atoms with Crippen LogP contribution in [0.25, 0.3) is 0 Å². The van der Waals surface area contributed by atoms with E-state index in [0.717, 1.165) is 5.69 Å². The molecule has 0 saturated carbocycles. The Balaban J connectivity index is 2.48. The van der Waals surface area contributed by atoms with Crippen molar-refractivity contribution in [3.8, 4) is 0 Å². The first-order chi connectivity index (χ1) is 4.83. The average molecular weight is 138 g/mol. The fraction of sp³-hybridized carbons (Fsp3) is 0.429. The van der Waals surface area contributed by atoms with Crippen molar-refractivity contribution >= 4 is 5.78 Å². The van der Waals surface area contributed by atoms with Gasteiger partial charge in [-0.1, -0.05) is 6.92 Å². The Hall–Kier alpha value is -1.12. The maximum Gasteiger partial charge on any atom is 0.138 e. The zero-order valence-corrected chi connectivity index (χ0v) is 5.92. The van der Waals surface area contributed by atoms with Crippen LogP contribution in [-0.4, -0.2) is 16.0 Å². The summed E-state index contributed by atoms with van der Waals surface area (Å²) in [7, 11) is 0. The number of ketones is 1. The second-order valence-corrected chi connectivity index (χ2v) is 2.15. The lowest BCUT2D eigenvalue weighted by atomic mass is 10.2. The van der Waals surface area contributed by atoms with Crippen LogP contribution in [0, 0.1) is 0 Å². The standard InChI is InChI=1S/C7H10N2O/c1-2-7(10)5-6-3-4-8-9-6/h3-4H,2,5H2,1H3,(H,8,9). The van der Waals surface area contributed by atoms with Crippen molar-refractivity contribution < 1.29 is 4.79 Å². The molecule has 1 aromatic heterocycles. The minimum absolute atomic E-state index is 0.240. The third kappa shape index (κ3) is 1.69. The number of carbonyl (C=O) groups is 1. The van der Waals surface area contributed by atoms with Gasteiger partial charge in [-0.05, 0) is 6.07 Å². The van der Waals surface area contributed by atoms with Crippen LogP contribution in [-0.2, 0) is 11.2 Å². The van der Waals surface area contributed by atoms with Crippen molar-refractivity contribution in [2.24, 2.45) is 0 Å². The minimum Gasteiger partial charge on any atom is -0.299 e. The predicted octanol–water partition coefficient (Wildman–Crippen LogP) is 0.931. The topological polar surface area (TPSA) is 45.8 Å². The highest BCUT2D eigenvalue weighted by molar-refractivity contribution is 5.79. The molecule has 1 aromatic rings. The van der Waals surface area contributed by atoms with Gasteiger partial charge in [-0.2, -0.15) is 5.10 Å². The molecular weight excluding hydrogens is 128 g/mol. The summed E-state index contributed by atoms with van der Waals surface area (Å²) < 4.78 is 0. The summed E-state index contributed by atoms with van der Waals surface area (Å²) in [6.45, 7) is 1.86. The number of aromatic amines is 1. The van der Waals surface area contributed by atoms with Crippen LogP contribution in [0.3, 0.4) is 0 Å². The van der Waals surface area contributed by atoms with Crippen molar-refractivity contribution in [3.05, 3.63) is 18.0 Å². The molecule has 3 heteroatoms. The Kier molecular flexibility index (Phi) is 2.20. The van der Waals surface area contributed by atoms with E-state index >= 15 is 0 Å². The number of aromatic nitrogens is 2. The Morgan fingerprint density at radius 1 is 1.80 bits per heavy atom. The summed E-state index contributed by atoms with van der Waals surface area (Å²) in [6, 6.07) is 1.81. The number of Topliss-reactive ketones (excluding diaryl/α,β-unsaturated/α-hetero) is 1. The summed E-state index contributed by atoms with van der Waals surface area (Å²) in [5.41, 5.74) is 0.895. The van der Waals surface area contributed by atoms with Gasteiger partial charge in [0.1, 0.15) is 5.78 Å². The number of carbonyl (C=O) groups excluding carboxylic acids is 1. The Morgan fingerprint density at radius 2 is 2.60 bits per heavy atom. The molecule has 0 aromatic carbocycles. The van der Waals surface area contributed by atoms with E-state index < -0.39 is 0 Å². The van der Waals surface area contributed by atoms with Crippen LogP contribution in [0.4, 0.5) is 0 Å². The molecule has 1 rings (SSSR count). The molecule has 1 heterocycles. The zero-order chi connectivity index (χ0) is 7.40. The van der Waals surface area contributed by atoms with Gasteiger partial charge in [0.25, 0.3) is 0 Å². The molecule has 0 radical (unpaired) electrons. The van der Waals surface area contributed by atoms with Gasteiger partial charge in [0.15, 0.2) is 0 Å². The van der Waals surface area contributed by atoms with Crippen LogP contribution in [0.2, 0.25) is 0 Å². The fourth-order valence-corrected chi connectivity index (χ4v) is 0.721. The van der Waals surface area contributed by atoms with Crippen molar-refractivity contribution in [2.45, 2.75) is 19.8 Å². The third-order valence-electron chi connectivity index (χ3n) is 1.34. The van der Waals surface area contributed by atoms with E-state index in [1.54, 1.807) is 6.20 Å². The van der Waals surface area contributed by atoms with Gasteiger partial charge in [0.05, 0.1) is 0 Å². The molecule has 0 spiro atoms. The summed E-state index contributed by atoms with van der Waals surface area (Å²) in [4.78, 5) is 10.8. The maximum absolute atomic E-state index is 10.8. The average Bonchev–Trinajstić information content (AvgIpc) is 2.40. The molecule has 0 bridgehead atoms. The highest BCUT2D eigenvalue weighted by atomic mass is 16.1. The van der Waals surface area contributed by atoms with Crippen LogP contribution in [0.15, 0.2) is 12.3 Å². The molecule has 0 aliphatic carbocycles. The number of nitrogens with zero attached hydrogens (tertiary/aromatic N) is 1. The van der Waals surface area contributed by atoms with Gasteiger partial charge in [-0.3, -0.25) is 9.89 Å². The van der Waals surface area contributed by atoms with E-state index in [-0.39, 0.29) is 5.78 Å². The molecule has 0 amide bonds. The van der Waals surface area contributed by atoms with Gasteiger partial charge in [0.2, 0.25) is 0 Å². The van der Waals surface area contributed by atoms with Crippen LogP contribution >= 0.6 is 0 Å². The van der Waals surface area contributed by atoms with Crippen LogP contribution in [0.1, 0.15) is 19.0 Å². The Morgan fingerprint density at radius 3 is 3.10 bits per heavy atom. The summed E-state index contributed by atoms with van der Waals surface area (Å²) in [6.07, 6.45) is 2.73. The van der Waals surface area contributed by atoms with E-state index in [1.165, 1.54) is 0 Å². The van der Waals surface area contributed by atoms with Crippen molar-refractivity contribution in [1.29, 1.82) is 0 Å². The second-order valence-electron chi connectivity index (χ2n) is 2.15. The lowest BCUT2D eigenvalue weighted by Crippen LogP contribution is -2.00. The lowest BCUT2D eigenvalue weighted by Gasteiger charge is -1.90. The maximum atomic E-state index is 10.8. The highest BCUT2D eigenvalue weighted by Crippen LogP contribution is 1.95. The molecule has 0 atom stereocenters. The van der Waals surface area contributed by atoms with E-state index in [9.17, 15) is 4.79 Å². The summed E-state index contributed by atoms with van der Waals surface area (Å²) >= 11 is 0. The zero-order valence-electron chi connectivity index (χ0n) is 5.92. The normalized spacial score (nSPS) is 9.70. The van der Waals surface area contributed by atoms with Gasteiger partial charge in [-0.25, -0.2) is 0 Å². The van der Waals surface area contributed by atoms with Crippen molar-refractivity contribution in [2.75, 3.05) is 0 Å². The van der Waals surface area contributed by atoms with E-state index in [0.29, 0.717) is 12.8 Å². The van der Waals surface area contributed by atoms with E-state index in [2.05, 4.69) is 10.2 Å². The molecule has 10 heavy (non-hydrogen) atoms. The first-order valence-corrected chi connectivity index (χ1v) is 3.33. The lowest BCUT2D eigenvalue weighted by molar-refractivity contribution is -0.118. The number of hydrogen-bond acceptors (Lipinski definition) is 2. The first kappa shape index (κ1) is 6.99. The number of rotatable bonds is 3. The van der Waals surface area contributed by atoms with Gasteiger partial charge in [0, 0.05) is 24.7 Å². The third-order valence-corrected chi connectivity index (χ3v) is 1.34. The van der Waals surface area contributed by atoms with E-state index in [4.69, 9.17) is 0 Å². The van der Waals surface area contributed by atoms with Gasteiger partial charge >= 0.3 is 0 Å². The minimum atomic E-state index is 0.240. The van der Waals surface area contributed by atoms with Crippen LogP contribution < -0.4 is 0 Å². The molecule has 3 nitrogen and oxygen atoms in total. The number of H-pyrrole nitrogens is 1. The monoisotopic (exact) mass is 138 g/mol. The Bertz CT molecular complexity index is 203. The predicted molar refractivity (Wildman–Crippen MR) is 37.6 cm³/mol. The van der Waals surface area contributed by atoms with Crippen molar-refractivity contribution in [3.63, 3.8) is 0 Å². The highest BCUT2D eigenvalue weighted by Gasteiger charge is 1.99. The van der Waals surface area contributed by atoms with E-state index in [1.807, 2.05) is 13.0 Å². The van der Waals surface area contributed by atoms with Gasteiger partial charge in [-0.15, -0.1) is 0 Å². The van der Waals surface area contributed by atoms with Gasteiger partial charge < -0.3 is 0 Å². The fourth-order valence-electron chi connectivity index (χ4n) is 0.721. The first-order valence-electron chi connectivity index (χ1n) is 3.33. The Labute approximate surface area is 59.4 Å². The van der Waals surface area contributed by atoms with Crippen molar-refractivity contribution in [1.82, 2.24) is 10.2 Å². The largest absolute Gasteiger partial charge is 0.299 e. The quantitative estimate of drug-likeness (QED) is 0.675.